The fourth-order valence-corrected chi connectivity index (χ4v) is 8.77. The average Bonchev–Trinajstić information content (AvgIpc) is 3.76. The lowest BCUT2D eigenvalue weighted by Gasteiger charge is -2.50. The Labute approximate surface area is 308 Å². The van der Waals surface area contributed by atoms with Gasteiger partial charge in [0.2, 0.25) is 0 Å². The molecule has 2 aromatic rings. The Morgan fingerprint density at radius 3 is 2.41 bits per heavy atom. The lowest BCUT2D eigenvalue weighted by atomic mass is 9.83. The molecule has 2 fully saturated rings. The van der Waals surface area contributed by atoms with E-state index in [0.717, 1.165) is 58.0 Å². The maximum absolute atomic E-state index is 15.1. The number of amides is 3. The van der Waals surface area contributed by atoms with Gasteiger partial charge in [0.1, 0.15) is 11.4 Å². The minimum Gasteiger partial charge on any atom is -0.496 e. The molecule has 3 aliphatic rings. The van der Waals surface area contributed by atoms with Crippen molar-refractivity contribution in [3.63, 3.8) is 0 Å². The second kappa shape index (κ2) is 14.9. The molecule has 13 heteroatoms. The highest BCUT2D eigenvalue weighted by Crippen LogP contribution is 2.43. The van der Waals surface area contributed by atoms with E-state index >= 15 is 4.79 Å². The number of thiazole rings is 1. The van der Waals surface area contributed by atoms with Crippen molar-refractivity contribution >= 4 is 43.3 Å². The van der Waals surface area contributed by atoms with Crippen molar-refractivity contribution < 1.29 is 33.4 Å². The average molecular weight is 741 g/mol. The van der Waals surface area contributed by atoms with Gasteiger partial charge in [0, 0.05) is 50.5 Å². The van der Waals surface area contributed by atoms with Crippen molar-refractivity contribution in [2.75, 3.05) is 26.8 Å². The molecule has 0 spiro atoms. The highest BCUT2D eigenvalue weighted by atomic mass is 32.1. The van der Waals surface area contributed by atoms with Gasteiger partial charge in [0.15, 0.2) is 8.32 Å². The first-order valence-electron chi connectivity index (χ1n) is 18.1. The second-order valence-corrected chi connectivity index (χ2v) is 22.5. The van der Waals surface area contributed by atoms with Crippen molar-refractivity contribution in [3.8, 4) is 5.75 Å². The van der Waals surface area contributed by atoms with Crippen molar-refractivity contribution in [3.05, 3.63) is 51.0 Å². The zero-order valence-corrected chi connectivity index (χ0v) is 33.8. The number of carboxylic acid groups (broad SMARTS) is 1. The first-order valence-corrected chi connectivity index (χ1v) is 21.8. The van der Waals surface area contributed by atoms with E-state index in [1.54, 1.807) is 44.1 Å². The van der Waals surface area contributed by atoms with E-state index in [4.69, 9.17) is 18.9 Å². The van der Waals surface area contributed by atoms with Gasteiger partial charge in [-0.1, -0.05) is 32.9 Å². The van der Waals surface area contributed by atoms with Crippen molar-refractivity contribution in [1.82, 2.24) is 19.7 Å². The maximum Gasteiger partial charge on any atom is 0.410 e. The number of aryl methyl sites for hydroxylation is 1. The zero-order valence-electron chi connectivity index (χ0n) is 32.0. The van der Waals surface area contributed by atoms with Crippen LogP contribution in [0.5, 0.6) is 5.75 Å². The van der Waals surface area contributed by atoms with Gasteiger partial charge in [0.05, 0.1) is 29.1 Å². The normalized spacial score (nSPS) is 19.6. The molecule has 3 amide bonds. The highest BCUT2D eigenvalue weighted by molar-refractivity contribution is 7.12. The minimum atomic E-state index is -1.86. The molecule has 5 rings (SSSR count). The summed E-state index contributed by atoms with van der Waals surface area (Å²) in [5.41, 5.74) is 2.46. The van der Waals surface area contributed by atoms with Gasteiger partial charge in [-0.25, -0.2) is 14.6 Å². The van der Waals surface area contributed by atoms with E-state index in [9.17, 15) is 14.7 Å². The Morgan fingerprint density at radius 2 is 1.80 bits per heavy atom. The number of piperazine rings is 1. The van der Waals surface area contributed by atoms with Crippen LogP contribution in [0, 0.1) is 6.92 Å². The summed E-state index contributed by atoms with van der Waals surface area (Å²) in [4.78, 5) is 51.8. The van der Waals surface area contributed by atoms with E-state index in [1.165, 1.54) is 4.90 Å². The third-order valence-electron chi connectivity index (χ3n) is 10.6. The number of methoxy groups -OCH3 is 1. The monoisotopic (exact) mass is 740 g/mol. The molecule has 1 aromatic carbocycles. The van der Waals surface area contributed by atoms with Crippen LogP contribution in [-0.4, -0.2) is 102 Å². The van der Waals surface area contributed by atoms with Gasteiger partial charge in [-0.3, -0.25) is 9.69 Å². The number of carbonyl (C=O) groups excluding carboxylic acids is 2. The molecule has 0 radical (unpaired) electrons. The topological polar surface area (TPSA) is 122 Å². The van der Waals surface area contributed by atoms with Crippen LogP contribution in [0.2, 0.25) is 18.1 Å². The predicted octanol–water partition coefficient (Wildman–Crippen LogP) is 7.73. The van der Waals surface area contributed by atoms with Crippen molar-refractivity contribution in [2.24, 2.45) is 0 Å². The standard InChI is InChI=1S/C38H56N4O7SSi/c1-24-25(13-11-14-30(24)47-8)21-41(26-16-17-26)34(43)33-28(31-20-39-32(50-31)15-12-18-48-51(9,10)38(5,6)7)19-27-22-40(36(46)49-37(2,3)4)23-29(33)42(27)35(44)45/h11,13-14,20,26-27,29H,12,15-19,21-23H2,1-10H3,(H,44,45)/t27?,29-/m1/s1. The number of hydrogen-bond acceptors (Lipinski definition) is 8. The number of hydrogen-bond donors (Lipinski definition) is 1. The second-order valence-electron chi connectivity index (χ2n) is 16.6. The van der Waals surface area contributed by atoms with Crippen LogP contribution < -0.4 is 4.74 Å². The molecule has 51 heavy (non-hydrogen) atoms. The molecular weight excluding hydrogens is 685 g/mol. The summed E-state index contributed by atoms with van der Waals surface area (Å²) >= 11 is 1.56. The minimum absolute atomic E-state index is 0.0232. The molecule has 1 saturated heterocycles. The first kappa shape index (κ1) is 38.8. The number of ether oxygens (including phenoxy) is 2. The Hall–Kier alpha value is -3.42. The fourth-order valence-electron chi connectivity index (χ4n) is 6.65. The van der Waals surface area contributed by atoms with Gasteiger partial charge in [-0.05, 0) is 94.3 Å². The first-order chi connectivity index (χ1) is 23.8. The summed E-state index contributed by atoms with van der Waals surface area (Å²) in [7, 11) is -0.223. The molecule has 1 saturated carbocycles. The Balaban J connectivity index is 1.51. The number of aromatic nitrogens is 1. The van der Waals surface area contributed by atoms with E-state index in [0.29, 0.717) is 18.7 Å². The van der Waals surface area contributed by atoms with E-state index in [1.807, 2.05) is 36.2 Å². The molecule has 1 N–H and O–H groups in total. The Kier molecular flexibility index (Phi) is 11.3. The quantitative estimate of drug-likeness (QED) is 0.184. The largest absolute Gasteiger partial charge is 0.496 e. The number of benzene rings is 1. The molecular formula is C38H56N4O7SSi. The summed E-state index contributed by atoms with van der Waals surface area (Å²) in [6.45, 7) is 19.8. The molecule has 11 nitrogen and oxygen atoms in total. The predicted molar refractivity (Wildman–Crippen MR) is 202 cm³/mol. The van der Waals surface area contributed by atoms with Crippen LogP contribution in [-0.2, 0) is 26.9 Å². The summed E-state index contributed by atoms with van der Waals surface area (Å²) in [5.74, 6) is 0.550. The molecule has 2 bridgehead atoms. The van der Waals surface area contributed by atoms with Crippen LogP contribution in [0.15, 0.2) is 30.0 Å². The summed E-state index contributed by atoms with van der Waals surface area (Å²) in [5, 5.41) is 11.6. The molecule has 3 heterocycles. The van der Waals surface area contributed by atoms with Gasteiger partial charge >= 0.3 is 12.2 Å². The summed E-state index contributed by atoms with van der Waals surface area (Å²) < 4.78 is 17.7. The van der Waals surface area contributed by atoms with Gasteiger partial charge in [-0.2, -0.15) is 0 Å². The summed E-state index contributed by atoms with van der Waals surface area (Å²) in [6, 6.07) is 4.47. The molecule has 1 aliphatic carbocycles. The van der Waals surface area contributed by atoms with Crippen LogP contribution in [0.25, 0.3) is 5.57 Å². The van der Waals surface area contributed by atoms with Crippen LogP contribution in [0.4, 0.5) is 9.59 Å². The van der Waals surface area contributed by atoms with Gasteiger partial charge in [-0.15, -0.1) is 11.3 Å². The smallest absolute Gasteiger partial charge is 0.410 e. The van der Waals surface area contributed by atoms with E-state index < -0.39 is 38.2 Å². The van der Waals surface area contributed by atoms with Crippen LogP contribution in [0.1, 0.15) is 88.2 Å². The fraction of sp³-hybridized carbons (Fsp3) is 0.632. The molecule has 1 unspecified atom stereocenters. The lowest BCUT2D eigenvalue weighted by molar-refractivity contribution is -0.129. The molecule has 2 aliphatic heterocycles. The van der Waals surface area contributed by atoms with E-state index in [2.05, 4.69) is 33.9 Å². The SMILES string of the molecule is COc1cccc(CN(C(=O)C2=C(c3cnc(CCCO[Si](C)(C)C(C)(C)C)s3)CC3CN(C(=O)OC(C)(C)C)C[C@H]2N3C(=O)O)C2CC2)c1C. The third kappa shape index (κ3) is 8.80. The van der Waals surface area contributed by atoms with Crippen LogP contribution >= 0.6 is 11.3 Å². The number of carbonyl (C=O) groups is 3. The van der Waals surface area contributed by atoms with Crippen molar-refractivity contribution in [2.45, 2.75) is 129 Å². The van der Waals surface area contributed by atoms with Gasteiger partial charge in [0.25, 0.3) is 5.91 Å². The van der Waals surface area contributed by atoms with Crippen molar-refractivity contribution in [1.29, 1.82) is 0 Å². The molecule has 1 aromatic heterocycles. The zero-order chi connectivity index (χ0) is 37.5. The maximum atomic E-state index is 15.1. The third-order valence-corrected chi connectivity index (χ3v) is 16.3. The summed E-state index contributed by atoms with van der Waals surface area (Å²) in [6.07, 6.45) is 3.84. The van der Waals surface area contributed by atoms with E-state index in [-0.39, 0.29) is 36.5 Å². The van der Waals surface area contributed by atoms with Gasteiger partial charge < -0.3 is 28.8 Å². The Bertz CT molecular complexity index is 1660. The lowest BCUT2D eigenvalue weighted by Crippen LogP contribution is -2.65. The van der Waals surface area contributed by atoms with Crippen LogP contribution in [0.3, 0.4) is 0 Å². The number of fused-ring (bicyclic) bond motifs is 2. The molecule has 2 atom stereocenters. The Morgan fingerprint density at radius 1 is 1.10 bits per heavy atom. The number of nitrogens with zero attached hydrogens (tertiary/aromatic N) is 4. The highest BCUT2D eigenvalue weighted by Gasteiger charge is 2.50. The molecule has 280 valence electrons. The number of rotatable bonds is 11.